The first kappa shape index (κ1) is 15.5. The summed E-state index contributed by atoms with van der Waals surface area (Å²) >= 11 is 0. The summed E-state index contributed by atoms with van der Waals surface area (Å²) in [6.07, 6.45) is 5.05. The Labute approximate surface area is 122 Å². The molecule has 1 aliphatic heterocycles. The van der Waals surface area contributed by atoms with Gasteiger partial charge in [0, 0.05) is 45.0 Å². The van der Waals surface area contributed by atoms with Gasteiger partial charge in [0.05, 0.1) is 18.1 Å². The fraction of sp³-hybridized carbons (Fsp3) is 0.800. The van der Waals surface area contributed by atoms with Crippen LogP contribution >= 0.6 is 0 Å². The maximum Gasteiger partial charge on any atom is 0.0948 e. The summed E-state index contributed by atoms with van der Waals surface area (Å²) in [5.41, 5.74) is 7.35. The molecule has 2 unspecified atom stereocenters. The number of hydrogen-bond acceptors (Lipinski definition) is 4. The fourth-order valence-corrected chi connectivity index (χ4v) is 3.27. The van der Waals surface area contributed by atoms with Gasteiger partial charge in [-0.05, 0) is 19.9 Å². The van der Waals surface area contributed by atoms with E-state index >= 15 is 0 Å². The zero-order valence-corrected chi connectivity index (χ0v) is 13.1. The van der Waals surface area contributed by atoms with Gasteiger partial charge in [-0.2, -0.15) is 0 Å². The quantitative estimate of drug-likeness (QED) is 0.853. The van der Waals surface area contributed by atoms with Crippen molar-refractivity contribution in [1.82, 2.24) is 19.4 Å². The molecule has 5 nitrogen and oxygen atoms in total. The zero-order chi connectivity index (χ0) is 14.5. The van der Waals surface area contributed by atoms with Crippen molar-refractivity contribution in [2.45, 2.75) is 45.8 Å². The number of hydrogen-bond donors (Lipinski definition) is 1. The van der Waals surface area contributed by atoms with Crippen LogP contribution in [0.2, 0.25) is 0 Å². The van der Waals surface area contributed by atoms with E-state index < -0.39 is 0 Å². The van der Waals surface area contributed by atoms with Crippen molar-refractivity contribution in [2.24, 2.45) is 5.73 Å². The van der Waals surface area contributed by atoms with Gasteiger partial charge in [-0.25, -0.2) is 4.98 Å². The van der Waals surface area contributed by atoms with E-state index in [4.69, 9.17) is 5.73 Å². The van der Waals surface area contributed by atoms with Gasteiger partial charge in [0.1, 0.15) is 0 Å². The summed E-state index contributed by atoms with van der Waals surface area (Å²) in [5, 5.41) is 0. The minimum Gasteiger partial charge on any atom is -0.333 e. The normalized spacial score (nSPS) is 23.1. The second-order valence-corrected chi connectivity index (χ2v) is 5.74. The van der Waals surface area contributed by atoms with Crippen LogP contribution in [0.25, 0.3) is 0 Å². The first-order valence-electron chi connectivity index (χ1n) is 7.89. The molecule has 2 N–H and O–H groups in total. The van der Waals surface area contributed by atoms with Crippen LogP contribution in [0.5, 0.6) is 0 Å². The van der Waals surface area contributed by atoms with Gasteiger partial charge < -0.3 is 10.3 Å². The summed E-state index contributed by atoms with van der Waals surface area (Å²) in [6, 6.07) is 0.899. The highest BCUT2D eigenvalue weighted by molar-refractivity contribution is 5.07. The van der Waals surface area contributed by atoms with Crippen LogP contribution in [0.1, 0.15) is 38.9 Å². The van der Waals surface area contributed by atoms with Crippen LogP contribution in [0.4, 0.5) is 0 Å². The molecule has 1 saturated heterocycles. The van der Waals surface area contributed by atoms with Crippen molar-refractivity contribution < 1.29 is 0 Å². The molecule has 0 spiro atoms. The highest BCUT2D eigenvalue weighted by Crippen LogP contribution is 2.23. The predicted octanol–water partition coefficient (Wildman–Crippen LogP) is 1.32. The zero-order valence-electron chi connectivity index (χ0n) is 13.1. The topological polar surface area (TPSA) is 50.3 Å². The largest absolute Gasteiger partial charge is 0.333 e. The Morgan fingerprint density at radius 1 is 1.40 bits per heavy atom. The van der Waals surface area contributed by atoms with Crippen molar-refractivity contribution in [1.29, 1.82) is 0 Å². The summed E-state index contributed by atoms with van der Waals surface area (Å²) in [5.74, 6) is 0. The minimum atomic E-state index is 0.297. The maximum absolute atomic E-state index is 6.08. The van der Waals surface area contributed by atoms with E-state index in [9.17, 15) is 0 Å². The Hall–Kier alpha value is -0.910. The molecule has 1 aliphatic rings. The number of nitrogens with two attached hydrogens (primary N) is 1. The SMILES string of the molecule is CCCn1cncc1C(CN)N1CCN(CC)C(C)C1. The first-order chi connectivity index (χ1) is 9.71. The maximum atomic E-state index is 6.08. The van der Waals surface area contributed by atoms with E-state index in [0.717, 1.165) is 39.1 Å². The molecule has 0 amide bonds. The highest BCUT2D eigenvalue weighted by atomic mass is 15.3. The monoisotopic (exact) mass is 279 g/mol. The van der Waals surface area contributed by atoms with Crippen LogP contribution in [-0.4, -0.2) is 58.1 Å². The lowest BCUT2D eigenvalue weighted by Crippen LogP contribution is -2.53. The van der Waals surface area contributed by atoms with E-state index in [-0.39, 0.29) is 0 Å². The Kier molecular flexibility index (Phi) is 5.57. The Bertz CT molecular complexity index is 403. The summed E-state index contributed by atoms with van der Waals surface area (Å²) in [7, 11) is 0. The van der Waals surface area contributed by atoms with Crippen molar-refractivity contribution in [2.75, 3.05) is 32.7 Å². The molecule has 1 fully saturated rings. The molecule has 0 bridgehead atoms. The van der Waals surface area contributed by atoms with E-state index in [2.05, 4.69) is 40.1 Å². The van der Waals surface area contributed by atoms with Gasteiger partial charge in [-0.3, -0.25) is 9.80 Å². The molecule has 114 valence electrons. The molecule has 2 heterocycles. The molecule has 2 rings (SSSR count). The molecule has 0 aromatic carbocycles. The summed E-state index contributed by atoms with van der Waals surface area (Å²) in [6.45, 7) is 12.9. The molecule has 0 saturated carbocycles. The number of likely N-dealkylation sites (N-methyl/N-ethyl adjacent to an activating group) is 1. The molecular formula is C15H29N5. The molecule has 0 radical (unpaired) electrons. The lowest BCUT2D eigenvalue weighted by atomic mass is 10.1. The number of aromatic nitrogens is 2. The summed E-state index contributed by atoms with van der Waals surface area (Å²) < 4.78 is 2.26. The van der Waals surface area contributed by atoms with E-state index in [0.29, 0.717) is 18.6 Å². The third-order valence-electron chi connectivity index (χ3n) is 4.42. The van der Waals surface area contributed by atoms with Crippen molar-refractivity contribution in [3.8, 4) is 0 Å². The standard InChI is InChI=1S/C15H29N5/c1-4-6-20-12-17-10-15(20)14(9-16)19-8-7-18(5-2)13(3)11-19/h10,12-14H,4-9,11,16H2,1-3H3. The van der Waals surface area contributed by atoms with Gasteiger partial charge in [-0.15, -0.1) is 0 Å². The molecule has 1 aromatic rings. The lowest BCUT2D eigenvalue weighted by Gasteiger charge is -2.42. The Balaban J connectivity index is 2.10. The third-order valence-corrected chi connectivity index (χ3v) is 4.42. The van der Waals surface area contributed by atoms with Crippen LogP contribution in [0.15, 0.2) is 12.5 Å². The minimum absolute atomic E-state index is 0.297. The number of piperazine rings is 1. The van der Waals surface area contributed by atoms with Crippen molar-refractivity contribution in [3.63, 3.8) is 0 Å². The molecule has 20 heavy (non-hydrogen) atoms. The number of nitrogens with zero attached hydrogens (tertiary/aromatic N) is 4. The molecular weight excluding hydrogens is 250 g/mol. The van der Waals surface area contributed by atoms with Crippen LogP contribution in [0, 0.1) is 0 Å². The molecule has 1 aromatic heterocycles. The second-order valence-electron chi connectivity index (χ2n) is 5.74. The highest BCUT2D eigenvalue weighted by Gasteiger charge is 2.29. The third kappa shape index (κ3) is 3.22. The van der Waals surface area contributed by atoms with Gasteiger partial charge >= 0.3 is 0 Å². The van der Waals surface area contributed by atoms with Crippen LogP contribution in [0.3, 0.4) is 0 Å². The van der Waals surface area contributed by atoms with E-state index in [1.165, 1.54) is 5.69 Å². The van der Waals surface area contributed by atoms with Gasteiger partial charge in [0.15, 0.2) is 0 Å². The molecule has 5 heteroatoms. The lowest BCUT2D eigenvalue weighted by molar-refractivity contribution is 0.0583. The molecule has 2 atom stereocenters. The Morgan fingerprint density at radius 2 is 2.20 bits per heavy atom. The van der Waals surface area contributed by atoms with Gasteiger partial charge in [-0.1, -0.05) is 13.8 Å². The van der Waals surface area contributed by atoms with E-state index in [1.807, 2.05) is 12.5 Å². The number of aryl methyl sites for hydroxylation is 1. The van der Waals surface area contributed by atoms with Gasteiger partial charge in [0.25, 0.3) is 0 Å². The average Bonchev–Trinajstić information content (AvgIpc) is 2.89. The summed E-state index contributed by atoms with van der Waals surface area (Å²) in [4.78, 5) is 9.39. The molecule has 0 aliphatic carbocycles. The number of imidazole rings is 1. The second kappa shape index (κ2) is 7.20. The van der Waals surface area contributed by atoms with Crippen LogP contribution < -0.4 is 5.73 Å². The smallest absolute Gasteiger partial charge is 0.0948 e. The van der Waals surface area contributed by atoms with Gasteiger partial charge in [0.2, 0.25) is 0 Å². The van der Waals surface area contributed by atoms with Crippen molar-refractivity contribution >= 4 is 0 Å². The van der Waals surface area contributed by atoms with Crippen molar-refractivity contribution in [3.05, 3.63) is 18.2 Å². The average molecular weight is 279 g/mol. The van der Waals surface area contributed by atoms with E-state index in [1.54, 1.807) is 0 Å². The van der Waals surface area contributed by atoms with Crippen LogP contribution in [-0.2, 0) is 6.54 Å². The first-order valence-corrected chi connectivity index (χ1v) is 7.89. The Morgan fingerprint density at radius 3 is 2.80 bits per heavy atom. The number of rotatable bonds is 6. The fourth-order valence-electron chi connectivity index (χ4n) is 3.27. The predicted molar refractivity (Wildman–Crippen MR) is 82.6 cm³/mol.